The Morgan fingerprint density at radius 1 is 1.23 bits per heavy atom. The molecule has 1 atom stereocenters. The Morgan fingerprint density at radius 3 is 2.88 bits per heavy atom. The molecule has 0 unspecified atom stereocenters. The second kappa shape index (κ2) is 8.92. The number of carbonyl (C=O) groups excluding carboxylic acids is 1. The Kier molecular flexibility index (Phi) is 6.36. The van der Waals surface area contributed by atoms with Crippen molar-refractivity contribution >= 4 is 5.91 Å². The molecule has 0 aliphatic carbocycles. The number of nitrogens with one attached hydrogen (secondary N) is 1. The third-order valence-corrected chi connectivity index (χ3v) is 4.88. The molecule has 1 aliphatic heterocycles. The number of nitrogens with zero attached hydrogens (tertiary/aromatic N) is 1. The maximum atomic E-state index is 14.0. The molecule has 0 saturated carbocycles. The van der Waals surface area contributed by atoms with E-state index in [1.165, 1.54) is 6.07 Å². The average Bonchev–Trinajstić information content (AvgIpc) is 2.67. The third kappa shape index (κ3) is 4.68. The molecule has 1 fully saturated rings. The van der Waals surface area contributed by atoms with Gasteiger partial charge in [-0.25, -0.2) is 4.39 Å². The predicted octanol–water partition coefficient (Wildman–Crippen LogP) is 2.93. The minimum atomic E-state index is -0.295. The number of halogens is 1. The molecule has 0 aromatic heterocycles. The van der Waals surface area contributed by atoms with Gasteiger partial charge in [0.1, 0.15) is 5.82 Å². The Hall–Kier alpha value is -2.24. The highest BCUT2D eigenvalue weighted by atomic mass is 19.1. The van der Waals surface area contributed by atoms with Crippen LogP contribution in [0, 0.1) is 11.7 Å². The molecule has 1 heterocycles. The Morgan fingerprint density at radius 2 is 2.08 bits per heavy atom. The largest absolute Gasteiger partial charge is 0.395 e. The Labute approximate surface area is 153 Å². The number of rotatable bonds is 6. The molecular formula is C21H25FN2O2. The van der Waals surface area contributed by atoms with Gasteiger partial charge in [0.25, 0.3) is 5.91 Å². The fraction of sp³-hybridized carbons (Fsp3) is 0.381. The fourth-order valence-corrected chi connectivity index (χ4v) is 3.52. The fourth-order valence-electron chi connectivity index (χ4n) is 3.52. The second-order valence-corrected chi connectivity index (χ2v) is 6.80. The first-order chi connectivity index (χ1) is 12.7. The molecule has 5 heteroatoms. The van der Waals surface area contributed by atoms with Crippen LogP contribution in [0.4, 0.5) is 4.39 Å². The van der Waals surface area contributed by atoms with E-state index in [9.17, 15) is 9.18 Å². The van der Waals surface area contributed by atoms with Crippen LogP contribution < -0.4 is 5.32 Å². The van der Waals surface area contributed by atoms with Gasteiger partial charge in [0.2, 0.25) is 0 Å². The van der Waals surface area contributed by atoms with Crippen LogP contribution in [0.1, 0.15) is 23.2 Å². The summed E-state index contributed by atoms with van der Waals surface area (Å²) in [6.07, 6.45) is 2.17. The number of likely N-dealkylation sites (tertiary alicyclic amines) is 1. The summed E-state index contributed by atoms with van der Waals surface area (Å²) in [5.74, 6) is -0.0345. The summed E-state index contributed by atoms with van der Waals surface area (Å²) in [6.45, 7) is 3.38. The van der Waals surface area contributed by atoms with E-state index in [0.29, 0.717) is 35.7 Å². The number of aliphatic hydroxyl groups excluding tert-OH is 1. The van der Waals surface area contributed by atoms with Crippen molar-refractivity contribution < 1.29 is 14.3 Å². The van der Waals surface area contributed by atoms with Crippen molar-refractivity contribution in [2.75, 3.05) is 32.8 Å². The summed E-state index contributed by atoms with van der Waals surface area (Å²) < 4.78 is 14.0. The molecular weight excluding hydrogens is 331 g/mol. The van der Waals surface area contributed by atoms with Crippen LogP contribution in [0.15, 0.2) is 48.5 Å². The molecule has 2 aromatic rings. The molecule has 1 saturated heterocycles. The van der Waals surface area contributed by atoms with E-state index < -0.39 is 0 Å². The van der Waals surface area contributed by atoms with Crippen molar-refractivity contribution in [3.8, 4) is 11.1 Å². The van der Waals surface area contributed by atoms with Crippen molar-refractivity contribution in [2.45, 2.75) is 12.8 Å². The van der Waals surface area contributed by atoms with Gasteiger partial charge >= 0.3 is 0 Å². The lowest BCUT2D eigenvalue weighted by molar-refractivity contribution is 0.0925. The van der Waals surface area contributed by atoms with Gasteiger partial charge in [-0.1, -0.05) is 30.3 Å². The summed E-state index contributed by atoms with van der Waals surface area (Å²) in [4.78, 5) is 14.7. The topological polar surface area (TPSA) is 52.6 Å². The highest BCUT2D eigenvalue weighted by molar-refractivity contribution is 5.95. The summed E-state index contributed by atoms with van der Waals surface area (Å²) in [5, 5.41) is 12.1. The lowest BCUT2D eigenvalue weighted by Gasteiger charge is -2.32. The number of β-amino-alcohol motifs (C(OH)–C–C–N with tert-alkyl or cyclic N) is 1. The van der Waals surface area contributed by atoms with Crippen molar-refractivity contribution in [3.63, 3.8) is 0 Å². The second-order valence-electron chi connectivity index (χ2n) is 6.80. The van der Waals surface area contributed by atoms with E-state index in [1.54, 1.807) is 36.4 Å². The summed E-state index contributed by atoms with van der Waals surface area (Å²) in [6, 6.07) is 13.6. The standard InChI is InChI=1S/C21H25FN2O2/c22-20-9-2-1-8-19(20)17-6-3-7-18(13-17)21(26)23-14-16-5-4-10-24(15-16)11-12-25/h1-3,6-9,13,16,25H,4-5,10-12,14-15H2,(H,23,26)/t16-/m1/s1. The van der Waals surface area contributed by atoms with Crippen molar-refractivity contribution in [3.05, 3.63) is 59.9 Å². The van der Waals surface area contributed by atoms with Crippen LogP contribution in [0.5, 0.6) is 0 Å². The SMILES string of the molecule is O=C(NC[C@H]1CCCN(CCO)C1)c1cccc(-c2ccccc2F)c1. The van der Waals surface area contributed by atoms with E-state index in [0.717, 1.165) is 25.9 Å². The lowest BCUT2D eigenvalue weighted by Crippen LogP contribution is -2.41. The van der Waals surface area contributed by atoms with Gasteiger partial charge < -0.3 is 15.3 Å². The zero-order valence-electron chi connectivity index (χ0n) is 14.8. The minimum Gasteiger partial charge on any atom is -0.395 e. The maximum absolute atomic E-state index is 14.0. The van der Waals surface area contributed by atoms with Crippen LogP contribution >= 0.6 is 0 Å². The number of aliphatic hydroxyl groups is 1. The number of benzene rings is 2. The highest BCUT2D eigenvalue weighted by Crippen LogP contribution is 2.23. The summed E-state index contributed by atoms with van der Waals surface area (Å²) >= 11 is 0. The van der Waals surface area contributed by atoms with E-state index in [4.69, 9.17) is 5.11 Å². The summed E-state index contributed by atoms with van der Waals surface area (Å²) in [7, 11) is 0. The Balaban J connectivity index is 1.62. The van der Waals surface area contributed by atoms with Crippen LogP contribution in [0.25, 0.3) is 11.1 Å². The normalized spacial score (nSPS) is 17.8. The Bertz CT molecular complexity index is 748. The van der Waals surface area contributed by atoms with Crippen LogP contribution in [-0.2, 0) is 0 Å². The molecule has 1 amide bonds. The van der Waals surface area contributed by atoms with Crippen molar-refractivity contribution in [2.24, 2.45) is 5.92 Å². The zero-order valence-corrected chi connectivity index (χ0v) is 14.8. The van der Waals surface area contributed by atoms with Gasteiger partial charge in [-0.15, -0.1) is 0 Å². The van der Waals surface area contributed by atoms with Crippen LogP contribution in [0.2, 0.25) is 0 Å². The zero-order chi connectivity index (χ0) is 18.4. The van der Waals surface area contributed by atoms with E-state index in [1.807, 2.05) is 6.07 Å². The van der Waals surface area contributed by atoms with Gasteiger partial charge in [0, 0.05) is 30.8 Å². The quantitative estimate of drug-likeness (QED) is 0.837. The average molecular weight is 356 g/mol. The molecule has 4 nitrogen and oxygen atoms in total. The summed E-state index contributed by atoms with van der Waals surface area (Å²) in [5.41, 5.74) is 1.73. The van der Waals surface area contributed by atoms with Gasteiger partial charge in [0.05, 0.1) is 6.61 Å². The molecule has 3 rings (SSSR count). The first kappa shape index (κ1) is 18.5. The van der Waals surface area contributed by atoms with Gasteiger partial charge in [-0.3, -0.25) is 4.79 Å². The number of amides is 1. The van der Waals surface area contributed by atoms with Crippen LogP contribution in [0.3, 0.4) is 0 Å². The first-order valence-electron chi connectivity index (χ1n) is 9.14. The van der Waals surface area contributed by atoms with Crippen LogP contribution in [-0.4, -0.2) is 48.7 Å². The first-order valence-corrected chi connectivity index (χ1v) is 9.14. The number of hydrogen-bond acceptors (Lipinski definition) is 3. The predicted molar refractivity (Wildman–Crippen MR) is 100 cm³/mol. The molecule has 1 aliphatic rings. The monoisotopic (exact) mass is 356 g/mol. The van der Waals surface area contributed by atoms with Gasteiger partial charge in [-0.05, 0) is 49.1 Å². The lowest BCUT2D eigenvalue weighted by atomic mass is 9.97. The van der Waals surface area contributed by atoms with Crippen molar-refractivity contribution in [1.29, 1.82) is 0 Å². The molecule has 2 aromatic carbocycles. The molecule has 0 spiro atoms. The maximum Gasteiger partial charge on any atom is 0.251 e. The minimum absolute atomic E-state index is 0.137. The van der Waals surface area contributed by atoms with Gasteiger partial charge in [0.15, 0.2) is 0 Å². The third-order valence-electron chi connectivity index (χ3n) is 4.88. The van der Waals surface area contributed by atoms with E-state index in [-0.39, 0.29) is 18.3 Å². The molecule has 0 radical (unpaired) electrons. The molecule has 0 bridgehead atoms. The number of piperidine rings is 1. The number of carbonyl (C=O) groups is 1. The molecule has 2 N–H and O–H groups in total. The van der Waals surface area contributed by atoms with E-state index in [2.05, 4.69) is 10.2 Å². The van der Waals surface area contributed by atoms with Crippen molar-refractivity contribution in [1.82, 2.24) is 10.2 Å². The van der Waals surface area contributed by atoms with E-state index >= 15 is 0 Å². The molecule has 26 heavy (non-hydrogen) atoms. The van der Waals surface area contributed by atoms with Gasteiger partial charge in [-0.2, -0.15) is 0 Å². The highest BCUT2D eigenvalue weighted by Gasteiger charge is 2.20. The smallest absolute Gasteiger partial charge is 0.251 e. The number of hydrogen-bond donors (Lipinski definition) is 2. The molecule has 138 valence electrons.